The molecule has 0 aliphatic rings. The summed E-state index contributed by atoms with van der Waals surface area (Å²) in [5.41, 5.74) is 6.78. The molecule has 140 valence electrons. The van der Waals surface area contributed by atoms with Crippen LogP contribution in [-0.2, 0) is 6.54 Å². The van der Waals surface area contributed by atoms with Crippen molar-refractivity contribution in [2.24, 2.45) is 5.73 Å². The molecular formula is C18H20F3N3O2. The quantitative estimate of drug-likeness (QED) is 0.779. The number of carbonyl (C=O) groups excluding carboxylic acids is 1. The van der Waals surface area contributed by atoms with E-state index in [1.807, 2.05) is 30.3 Å². The third-order valence-corrected chi connectivity index (χ3v) is 3.50. The fraction of sp³-hybridized carbons (Fsp3) is 0.333. The number of nitrogens with two attached hydrogens (primary N) is 1. The molecule has 1 amide bonds. The van der Waals surface area contributed by atoms with Crippen molar-refractivity contribution >= 4 is 5.91 Å². The molecule has 5 nitrogen and oxygen atoms in total. The highest BCUT2D eigenvalue weighted by Gasteiger charge is 2.28. The molecule has 0 atom stereocenters. The first kappa shape index (κ1) is 19.7. The van der Waals surface area contributed by atoms with E-state index in [1.54, 1.807) is 4.90 Å². The summed E-state index contributed by atoms with van der Waals surface area (Å²) < 4.78 is 41.0. The summed E-state index contributed by atoms with van der Waals surface area (Å²) in [4.78, 5) is 18.1. The average molecular weight is 367 g/mol. The van der Waals surface area contributed by atoms with E-state index in [9.17, 15) is 18.0 Å². The first-order chi connectivity index (χ1) is 12.4. The number of amides is 1. The minimum Gasteiger partial charge on any atom is -0.468 e. The van der Waals surface area contributed by atoms with E-state index in [0.717, 1.165) is 5.56 Å². The number of ether oxygens (including phenoxy) is 1. The maximum absolute atomic E-state index is 12.7. The van der Waals surface area contributed by atoms with E-state index in [-0.39, 0.29) is 17.4 Å². The number of hydrogen-bond acceptors (Lipinski definition) is 4. The number of halogens is 3. The van der Waals surface area contributed by atoms with Gasteiger partial charge < -0.3 is 15.4 Å². The van der Waals surface area contributed by atoms with Crippen molar-refractivity contribution in [3.8, 4) is 5.88 Å². The molecule has 0 unspecified atom stereocenters. The van der Waals surface area contributed by atoms with Crippen LogP contribution < -0.4 is 10.5 Å². The highest BCUT2D eigenvalue weighted by atomic mass is 19.4. The van der Waals surface area contributed by atoms with E-state index in [4.69, 9.17) is 5.73 Å². The summed E-state index contributed by atoms with van der Waals surface area (Å²) in [6.07, 6.45) is -2.59. The Morgan fingerprint density at radius 2 is 1.88 bits per heavy atom. The highest BCUT2D eigenvalue weighted by Crippen LogP contribution is 2.18. The largest absolute Gasteiger partial charge is 0.468 e. The topological polar surface area (TPSA) is 68.5 Å². The number of nitrogens with zero attached hydrogens (tertiary/aromatic N) is 2. The van der Waals surface area contributed by atoms with Crippen molar-refractivity contribution in [1.29, 1.82) is 0 Å². The van der Waals surface area contributed by atoms with Crippen LogP contribution in [-0.4, -0.2) is 41.7 Å². The molecule has 0 bridgehead atoms. The highest BCUT2D eigenvalue weighted by molar-refractivity contribution is 5.93. The van der Waals surface area contributed by atoms with E-state index < -0.39 is 12.8 Å². The van der Waals surface area contributed by atoms with Gasteiger partial charge in [0.05, 0.1) is 5.56 Å². The van der Waals surface area contributed by atoms with Gasteiger partial charge in [-0.15, -0.1) is 0 Å². The minimum atomic E-state index is -4.44. The molecule has 1 aromatic heterocycles. The molecule has 0 fully saturated rings. The molecular weight excluding hydrogens is 347 g/mol. The molecule has 0 spiro atoms. The Morgan fingerprint density at radius 3 is 2.46 bits per heavy atom. The zero-order valence-electron chi connectivity index (χ0n) is 14.1. The number of pyridine rings is 1. The van der Waals surface area contributed by atoms with Gasteiger partial charge in [-0.25, -0.2) is 4.98 Å². The number of rotatable bonds is 8. The summed E-state index contributed by atoms with van der Waals surface area (Å²) in [5.74, 6) is -0.451. The van der Waals surface area contributed by atoms with Crippen LogP contribution in [0.4, 0.5) is 13.2 Å². The van der Waals surface area contributed by atoms with Crippen LogP contribution in [0.15, 0.2) is 48.7 Å². The minimum absolute atomic E-state index is 0.185. The molecule has 26 heavy (non-hydrogen) atoms. The third kappa shape index (κ3) is 6.36. The van der Waals surface area contributed by atoms with E-state index in [2.05, 4.69) is 9.72 Å². The molecule has 2 rings (SSSR count). The Morgan fingerprint density at radius 1 is 1.15 bits per heavy atom. The second kappa shape index (κ2) is 9.19. The Balaban J connectivity index is 2.06. The van der Waals surface area contributed by atoms with Crippen LogP contribution in [0.3, 0.4) is 0 Å². The summed E-state index contributed by atoms with van der Waals surface area (Å²) in [6.45, 7) is -0.104. The first-order valence-electron chi connectivity index (χ1n) is 8.08. The van der Waals surface area contributed by atoms with Crippen LogP contribution in [0.2, 0.25) is 0 Å². The van der Waals surface area contributed by atoms with Crippen molar-refractivity contribution in [1.82, 2.24) is 9.88 Å². The van der Waals surface area contributed by atoms with Crippen molar-refractivity contribution < 1.29 is 22.7 Å². The summed E-state index contributed by atoms with van der Waals surface area (Å²) in [6, 6.07) is 12.1. The lowest BCUT2D eigenvalue weighted by Gasteiger charge is -2.22. The van der Waals surface area contributed by atoms with Gasteiger partial charge in [0.2, 0.25) is 5.88 Å². The number of alkyl halides is 3. The Bertz CT molecular complexity index is 691. The monoisotopic (exact) mass is 367 g/mol. The fourth-order valence-corrected chi connectivity index (χ4v) is 2.27. The zero-order chi connectivity index (χ0) is 19.0. The second-order valence-corrected chi connectivity index (χ2v) is 5.64. The fourth-order valence-electron chi connectivity index (χ4n) is 2.27. The molecule has 2 N–H and O–H groups in total. The summed E-state index contributed by atoms with van der Waals surface area (Å²) in [5, 5.41) is 0. The molecule has 1 aromatic carbocycles. The van der Waals surface area contributed by atoms with Gasteiger partial charge in [-0.3, -0.25) is 4.79 Å². The number of aromatic nitrogens is 1. The van der Waals surface area contributed by atoms with E-state index in [0.29, 0.717) is 26.1 Å². The van der Waals surface area contributed by atoms with Crippen molar-refractivity contribution in [3.63, 3.8) is 0 Å². The third-order valence-electron chi connectivity index (χ3n) is 3.50. The predicted molar refractivity (Wildman–Crippen MR) is 90.6 cm³/mol. The molecule has 1 heterocycles. The van der Waals surface area contributed by atoms with Crippen molar-refractivity contribution in [3.05, 3.63) is 59.8 Å². The Kier molecular flexibility index (Phi) is 6.97. The van der Waals surface area contributed by atoms with Gasteiger partial charge in [-0.1, -0.05) is 30.3 Å². The lowest BCUT2D eigenvalue weighted by Crippen LogP contribution is -2.32. The lowest BCUT2D eigenvalue weighted by molar-refractivity contribution is -0.154. The SMILES string of the molecule is NCCCN(Cc1ccccc1)C(=O)c1ccc(OCC(F)(F)F)nc1. The molecule has 0 saturated carbocycles. The smallest absolute Gasteiger partial charge is 0.422 e. The Labute approximate surface area is 149 Å². The summed E-state index contributed by atoms with van der Waals surface area (Å²) in [7, 11) is 0. The normalized spacial score (nSPS) is 11.2. The molecule has 0 aliphatic carbocycles. The van der Waals surface area contributed by atoms with Crippen LogP contribution >= 0.6 is 0 Å². The molecule has 8 heteroatoms. The number of benzene rings is 1. The predicted octanol–water partition coefficient (Wildman–Crippen LogP) is 3.01. The molecule has 0 aliphatic heterocycles. The number of carbonyl (C=O) groups is 1. The van der Waals surface area contributed by atoms with Crippen LogP contribution in [0.1, 0.15) is 22.3 Å². The Hall–Kier alpha value is -2.61. The van der Waals surface area contributed by atoms with Gasteiger partial charge in [0.25, 0.3) is 5.91 Å². The van der Waals surface area contributed by atoms with Gasteiger partial charge >= 0.3 is 6.18 Å². The average Bonchev–Trinajstić information content (AvgIpc) is 2.63. The standard InChI is InChI=1S/C18H20F3N3O2/c19-18(20,21)13-26-16-8-7-15(11-23-16)17(25)24(10-4-9-22)12-14-5-2-1-3-6-14/h1-3,5-8,11H,4,9-10,12-13,22H2. The van der Waals surface area contributed by atoms with Gasteiger partial charge in [0.15, 0.2) is 6.61 Å². The second-order valence-electron chi connectivity index (χ2n) is 5.64. The van der Waals surface area contributed by atoms with Crippen LogP contribution in [0.5, 0.6) is 5.88 Å². The van der Waals surface area contributed by atoms with E-state index >= 15 is 0 Å². The van der Waals surface area contributed by atoms with E-state index in [1.165, 1.54) is 18.3 Å². The van der Waals surface area contributed by atoms with Gasteiger partial charge in [0, 0.05) is 25.4 Å². The number of hydrogen-bond donors (Lipinski definition) is 1. The van der Waals surface area contributed by atoms with Gasteiger partial charge in [-0.2, -0.15) is 13.2 Å². The molecule has 0 saturated heterocycles. The maximum Gasteiger partial charge on any atom is 0.422 e. The first-order valence-corrected chi connectivity index (χ1v) is 8.08. The van der Waals surface area contributed by atoms with Crippen LogP contribution in [0, 0.1) is 0 Å². The maximum atomic E-state index is 12.7. The van der Waals surface area contributed by atoms with Gasteiger partial charge in [-0.05, 0) is 24.6 Å². The van der Waals surface area contributed by atoms with Crippen molar-refractivity contribution in [2.75, 3.05) is 19.7 Å². The van der Waals surface area contributed by atoms with Crippen molar-refractivity contribution in [2.45, 2.75) is 19.1 Å². The molecule has 2 aromatic rings. The molecule has 0 radical (unpaired) electrons. The lowest BCUT2D eigenvalue weighted by atomic mass is 10.1. The van der Waals surface area contributed by atoms with Crippen LogP contribution in [0.25, 0.3) is 0 Å². The summed E-state index contributed by atoms with van der Waals surface area (Å²) >= 11 is 0. The zero-order valence-corrected chi connectivity index (χ0v) is 14.1. The van der Waals surface area contributed by atoms with Gasteiger partial charge in [0.1, 0.15) is 0 Å².